The van der Waals surface area contributed by atoms with Gasteiger partial charge >= 0.3 is 0 Å². The van der Waals surface area contributed by atoms with Gasteiger partial charge in [-0.3, -0.25) is 0 Å². The number of hydrogen-bond donors (Lipinski definition) is 0. The molecule has 0 aromatic heterocycles. The summed E-state index contributed by atoms with van der Waals surface area (Å²) >= 11 is 0. The van der Waals surface area contributed by atoms with E-state index in [9.17, 15) is 0 Å². The zero-order chi connectivity index (χ0) is 9.41. The van der Waals surface area contributed by atoms with Gasteiger partial charge in [-0.2, -0.15) is 5.26 Å². The lowest BCUT2D eigenvalue weighted by Crippen LogP contribution is -2.49. The molecule has 0 aromatic rings. The van der Waals surface area contributed by atoms with Crippen LogP contribution in [0.4, 0.5) is 0 Å². The van der Waals surface area contributed by atoms with Gasteiger partial charge in [-0.25, -0.2) is 0 Å². The maximum absolute atomic E-state index is 8.83. The average Bonchev–Trinajstić information content (AvgIpc) is 1.95. The largest absolute Gasteiger partial charge is 0.350 e. The van der Waals surface area contributed by atoms with Gasteiger partial charge in [-0.05, 0) is 13.8 Å². The third-order valence-electron chi connectivity index (χ3n) is 2.02. The molecule has 1 aliphatic rings. The van der Waals surface area contributed by atoms with Crippen molar-refractivity contribution in [1.82, 2.24) is 0 Å². The molecule has 1 aliphatic heterocycles. The molecule has 1 atom stereocenters. The standard InChI is InChI=1S/C9H15NO2/c1-8(2)6-11-9(3,4)12-7(8)5-10/h7H,6H2,1-4H3/t7-/m1/s1. The van der Waals surface area contributed by atoms with Gasteiger partial charge in [0.05, 0.1) is 12.7 Å². The number of hydrogen-bond acceptors (Lipinski definition) is 3. The quantitative estimate of drug-likeness (QED) is 0.554. The summed E-state index contributed by atoms with van der Waals surface area (Å²) in [5.41, 5.74) is -0.204. The molecule has 0 bridgehead atoms. The number of ether oxygens (including phenoxy) is 2. The van der Waals surface area contributed by atoms with Gasteiger partial charge in [0.25, 0.3) is 0 Å². The number of nitrogens with zero attached hydrogens (tertiary/aromatic N) is 1. The van der Waals surface area contributed by atoms with Gasteiger partial charge < -0.3 is 9.47 Å². The number of nitriles is 1. The number of rotatable bonds is 0. The van der Waals surface area contributed by atoms with E-state index in [1.807, 2.05) is 27.7 Å². The molecule has 3 heteroatoms. The fourth-order valence-electron chi connectivity index (χ4n) is 1.11. The first-order valence-electron chi connectivity index (χ1n) is 4.09. The van der Waals surface area contributed by atoms with E-state index < -0.39 is 5.79 Å². The zero-order valence-corrected chi connectivity index (χ0v) is 8.05. The van der Waals surface area contributed by atoms with Crippen LogP contribution in [0.5, 0.6) is 0 Å². The first-order valence-corrected chi connectivity index (χ1v) is 4.09. The predicted molar refractivity (Wildman–Crippen MR) is 44.3 cm³/mol. The van der Waals surface area contributed by atoms with Gasteiger partial charge in [0, 0.05) is 5.41 Å². The van der Waals surface area contributed by atoms with Crippen LogP contribution in [0.3, 0.4) is 0 Å². The molecule has 0 N–H and O–H groups in total. The molecule has 68 valence electrons. The van der Waals surface area contributed by atoms with Crippen molar-refractivity contribution in [2.24, 2.45) is 5.41 Å². The summed E-state index contributed by atoms with van der Waals surface area (Å²) in [6, 6.07) is 2.15. The summed E-state index contributed by atoms with van der Waals surface area (Å²) < 4.78 is 10.9. The van der Waals surface area contributed by atoms with Crippen molar-refractivity contribution in [3.63, 3.8) is 0 Å². The Morgan fingerprint density at radius 3 is 2.33 bits per heavy atom. The third kappa shape index (κ3) is 1.77. The van der Waals surface area contributed by atoms with Crippen molar-refractivity contribution in [2.75, 3.05) is 6.61 Å². The van der Waals surface area contributed by atoms with Crippen LogP contribution < -0.4 is 0 Å². The molecule has 1 rings (SSSR count). The topological polar surface area (TPSA) is 42.2 Å². The summed E-state index contributed by atoms with van der Waals surface area (Å²) in [7, 11) is 0. The fraction of sp³-hybridized carbons (Fsp3) is 0.889. The summed E-state index contributed by atoms with van der Waals surface area (Å²) in [6.45, 7) is 8.16. The normalized spacial score (nSPS) is 32.4. The second-order valence-corrected chi connectivity index (χ2v) is 4.30. The molecule has 1 heterocycles. The molecule has 12 heavy (non-hydrogen) atoms. The maximum atomic E-state index is 8.83. The molecule has 0 saturated carbocycles. The SMILES string of the molecule is CC1(C)OCC(C)(C)[C@@H](C#N)O1. The van der Waals surface area contributed by atoms with Crippen LogP contribution >= 0.6 is 0 Å². The van der Waals surface area contributed by atoms with Crippen LogP contribution in [-0.4, -0.2) is 18.5 Å². The summed E-state index contributed by atoms with van der Waals surface area (Å²) in [5, 5.41) is 8.83. The van der Waals surface area contributed by atoms with Gasteiger partial charge in [-0.1, -0.05) is 13.8 Å². The van der Waals surface area contributed by atoms with E-state index in [-0.39, 0.29) is 11.5 Å². The second kappa shape index (κ2) is 2.72. The Balaban J connectivity index is 2.75. The molecule has 3 nitrogen and oxygen atoms in total. The monoisotopic (exact) mass is 169 g/mol. The minimum absolute atomic E-state index is 0.204. The van der Waals surface area contributed by atoms with Gasteiger partial charge in [-0.15, -0.1) is 0 Å². The van der Waals surface area contributed by atoms with Crippen LogP contribution in [-0.2, 0) is 9.47 Å². The molecule has 0 aromatic carbocycles. The van der Waals surface area contributed by atoms with Crippen molar-refractivity contribution in [1.29, 1.82) is 5.26 Å². The van der Waals surface area contributed by atoms with E-state index in [1.54, 1.807) is 0 Å². The first-order chi connectivity index (χ1) is 5.37. The van der Waals surface area contributed by atoms with Gasteiger partial charge in [0.2, 0.25) is 0 Å². The van der Waals surface area contributed by atoms with E-state index in [2.05, 4.69) is 6.07 Å². The molecule has 1 fully saturated rings. The highest BCUT2D eigenvalue weighted by Crippen LogP contribution is 2.34. The third-order valence-corrected chi connectivity index (χ3v) is 2.02. The van der Waals surface area contributed by atoms with E-state index in [4.69, 9.17) is 14.7 Å². The Labute approximate surface area is 73.3 Å². The molecular formula is C9H15NO2. The average molecular weight is 169 g/mol. The molecule has 0 aliphatic carbocycles. The lowest BCUT2D eigenvalue weighted by molar-refractivity contribution is -0.298. The first kappa shape index (κ1) is 9.50. The highest BCUT2D eigenvalue weighted by Gasteiger charge is 2.41. The summed E-state index contributed by atoms with van der Waals surface area (Å²) in [6.07, 6.45) is -0.374. The predicted octanol–water partition coefficient (Wildman–Crippen LogP) is 1.69. The van der Waals surface area contributed by atoms with Crippen LogP contribution in [0.15, 0.2) is 0 Å². The Kier molecular flexibility index (Phi) is 2.15. The smallest absolute Gasteiger partial charge is 0.164 e. The highest BCUT2D eigenvalue weighted by atomic mass is 16.7. The van der Waals surface area contributed by atoms with Crippen LogP contribution in [0.1, 0.15) is 27.7 Å². The van der Waals surface area contributed by atoms with E-state index >= 15 is 0 Å². The minimum atomic E-state index is -0.615. The Bertz CT molecular complexity index is 215. The Morgan fingerprint density at radius 2 is 1.92 bits per heavy atom. The Hall–Kier alpha value is -0.590. The van der Waals surface area contributed by atoms with E-state index in [0.717, 1.165) is 0 Å². The summed E-state index contributed by atoms with van der Waals surface area (Å²) in [5.74, 6) is -0.615. The van der Waals surface area contributed by atoms with Crippen molar-refractivity contribution < 1.29 is 9.47 Å². The maximum Gasteiger partial charge on any atom is 0.164 e. The second-order valence-electron chi connectivity index (χ2n) is 4.30. The molecule has 1 saturated heterocycles. The van der Waals surface area contributed by atoms with Crippen LogP contribution in [0.2, 0.25) is 0 Å². The van der Waals surface area contributed by atoms with Crippen molar-refractivity contribution in [3.05, 3.63) is 0 Å². The minimum Gasteiger partial charge on any atom is -0.350 e. The zero-order valence-electron chi connectivity index (χ0n) is 8.05. The Morgan fingerprint density at radius 1 is 1.33 bits per heavy atom. The molecule has 0 unspecified atom stereocenters. The lowest BCUT2D eigenvalue weighted by Gasteiger charge is -2.42. The lowest BCUT2D eigenvalue weighted by atomic mass is 9.87. The molecule has 0 amide bonds. The highest BCUT2D eigenvalue weighted by molar-refractivity contribution is 4.98. The van der Waals surface area contributed by atoms with Gasteiger partial charge in [0.15, 0.2) is 11.9 Å². The molecular weight excluding hydrogens is 154 g/mol. The fourth-order valence-corrected chi connectivity index (χ4v) is 1.11. The molecule has 0 radical (unpaired) electrons. The van der Waals surface area contributed by atoms with Crippen molar-refractivity contribution in [3.8, 4) is 6.07 Å². The van der Waals surface area contributed by atoms with Gasteiger partial charge in [0.1, 0.15) is 0 Å². The van der Waals surface area contributed by atoms with Crippen molar-refractivity contribution in [2.45, 2.75) is 39.6 Å². The van der Waals surface area contributed by atoms with E-state index in [1.165, 1.54) is 0 Å². The van der Waals surface area contributed by atoms with Crippen LogP contribution in [0, 0.1) is 16.7 Å². The van der Waals surface area contributed by atoms with Crippen molar-refractivity contribution >= 4 is 0 Å². The van der Waals surface area contributed by atoms with E-state index in [0.29, 0.717) is 6.61 Å². The molecule has 0 spiro atoms. The van der Waals surface area contributed by atoms with Crippen LogP contribution in [0.25, 0.3) is 0 Å². The summed E-state index contributed by atoms with van der Waals surface area (Å²) in [4.78, 5) is 0.